The van der Waals surface area contributed by atoms with E-state index in [0.29, 0.717) is 5.69 Å². The quantitative estimate of drug-likeness (QED) is 0.686. The first-order valence-electron chi connectivity index (χ1n) is 4.51. The van der Waals surface area contributed by atoms with Gasteiger partial charge >= 0.3 is 0 Å². The van der Waals surface area contributed by atoms with Gasteiger partial charge in [-0.25, -0.2) is 0 Å². The number of nitrogens with one attached hydrogen (secondary N) is 2. The van der Waals surface area contributed by atoms with Crippen LogP contribution in [0.1, 0.15) is 23.0 Å². The van der Waals surface area contributed by atoms with Crippen LogP contribution in [-0.2, 0) is 0 Å². The third-order valence-corrected chi connectivity index (χ3v) is 1.90. The van der Waals surface area contributed by atoms with Crippen molar-refractivity contribution in [1.82, 2.24) is 10.3 Å². The summed E-state index contributed by atoms with van der Waals surface area (Å²) in [5.74, 6) is 1.90. The van der Waals surface area contributed by atoms with Gasteiger partial charge in [-0.2, -0.15) is 0 Å². The number of aryl methyl sites for hydroxylation is 1. The SMILES string of the molecule is C#CC(C)NC(=O)c1ccc(C)[nH]c1=O. The summed E-state index contributed by atoms with van der Waals surface area (Å²) in [6.45, 7) is 3.41. The molecule has 15 heavy (non-hydrogen) atoms. The van der Waals surface area contributed by atoms with Gasteiger partial charge in [-0.1, -0.05) is 5.92 Å². The van der Waals surface area contributed by atoms with Crippen molar-refractivity contribution in [3.63, 3.8) is 0 Å². The summed E-state index contributed by atoms with van der Waals surface area (Å²) >= 11 is 0. The second-order valence-corrected chi connectivity index (χ2v) is 3.25. The third kappa shape index (κ3) is 2.71. The molecule has 1 aromatic rings. The monoisotopic (exact) mass is 204 g/mol. The number of carbonyl (C=O) groups excluding carboxylic acids is 1. The molecule has 0 aliphatic carbocycles. The van der Waals surface area contributed by atoms with Crippen LogP contribution in [0.15, 0.2) is 16.9 Å². The molecule has 0 radical (unpaired) electrons. The zero-order valence-electron chi connectivity index (χ0n) is 8.63. The fourth-order valence-electron chi connectivity index (χ4n) is 1.07. The Morgan fingerprint density at radius 2 is 2.27 bits per heavy atom. The Hall–Kier alpha value is -2.02. The summed E-state index contributed by atoms with van der Waals surface area (Å²) in [4.78, 5) is 25.4. The lowest BCUT2D eigenvalue weighted by Crippen LogP contribution is -2.35. The predicted molar refractivity (Wildman–Crippen MR) is 57.6 cm³/mol. The number of pyridine rings is 1. The van der Waals surface area contributed by atoms with Crippen molar-refractivity contribution in [2.24, 2.45) is 0 Å². The van der Waals surface area contributed by atoms with Crippen molar-refractivity contribution in [2.45, 2.75) is 19.9 Å². The number of carbonyl (C=O) groups is 1. The van der Waals surface area contributed by atoms with Crippen LogP contribution >= 0.6 is 0 Å². The minimum atomic E-state index is -0.457. The first kappa shape index (κ1) is 11.1. The molecule has 78 valence electrons. The standard InChI is InChI=1S/C11H12N2O2/c1-4-7(2)12-10(14)9-6-5-8(3)13-11(9)15/h1,5-7H,2-3H3,(H,12,14)(H,13,15). The summed E-state index contributed by atoms with van der Waals surface area (Å²) < 4.78 is 0. The van der Waals surface area contributed by atoms with E-state index in [1.54, 1.807) is 19.9 Å². The van der Waals surface area contributed by atoms with Gasteiger partial charge in [-0.05, 0) is 26.0 Å². The van der Waals surface area contributed by atoms with Crippen LogP contribution in [0.3, 0.4) is 0 Å². The van der Waals surface area contributed by atoms with Gasteiger partial charge in [-0.3, -0.25) is 9.59 Å². The highest BCUT2D eigenvalue weighted by molar-refractivity contribution is 5.94. The zero-order chi connectivity index (χ0) is 11.4. The van der Waals surface area contributed by atoms with Crippen LogP contribution in [0.2, 0.25) is 0 Å². The minimum absolute atomic E-state index is 0.0719. The maximum Gasteiger partial charge on any atom is 0.260 e. The second kappa shape index (κ2) is 4.47. The Bertz CT molecular complexity index is 468. The van der Waals surface area contributed by atoms with E-state index >= 15 is 0 Å². The fraction of sp³-hybridized carbons (Fsp3) is 0.273. The van der Waals surface area contributed by atoms with Gasteiger partial charge in [0.25, 0.3) is 11.5 Å². The normalized spacial score (nSPS) is 11.5. The average molecular weight is 204 g/mol. The van der Waals surface area contributed by atoms with E-state index in [9.17, 15) is 9.59 Å². The number of terminal acetylenes is 1. The Balaban J connectivity index is 2.94. The highest BCUT2D eigenvalue weighted by Crippen LogP contribution is 1.94. The minimum Gasteiger partial charge on any atom is -0.339 e. The van der Waals surface area contributed by atoms with Gasteiger partial charge in [-0.15, -0.1) is 6.42 Å². The van der Waals surface area contributed by atoms with Gasteiger partial charge in [0.05, 0.1) is 6.04 Å². The van der Waals surface area contributed by atoms with Gasteiger partial charge in [0.1, 0.15) is 5.56 Å². The molecule has 1 amide bonds. The van der Waals surface area contributed by atoms with E-state index in [1.165, 1.54) is 6.07 Å². The molecule has 2 N–H and O–H groups in total. The summed E-state index contributed by atoms with van der Waals surface area (Å²) in [6.07, 6.45) is 5.11. The van der Waals surface area contributed by atoms with Crippen molar-refractivity contribution < 1.29 is 4.79 Å². The Kier molecular flexibility index (Phi) is 3.29. The summed E-state index contributed by atoms with van der Waals surface area (Å²) in [5, 5.41) is 2.51. The molecule has 1 heterocycles. The van der Waals surface area contributed by atoms with Crippen LogP contribution in [0.4, 0.5) is 0 Å². The lowest BCUT2D eigenvalue weighted by atomic mass is 10.2. The van der Waals surface area contributed by atoms with Crippen molar-refractivity contribution in [3.05, 3.63) is 33.7 Å². The van der Waals surface area contributed by atoms with Crippen molar-refractivity contribution in [2.75, 3.05) is 0 Å². The Morgan fingerprint density at radius 3 is 2.80 bits per heavy atom. The third-order valence-electron chi connectivity index (χ3n) is 1.90. The molecule has 4 heteroatoms. The predicted octanol–water partition coefficient (Wildman–Crippen LogP) is 0.435. The van der Waals surface area contributed by atoms with Crippen LogP contribution in [0, 0.1) is 19.3 Å². The molecule has 1 aromatic heterocycles. The molecule has 0 aliphatic heterocycles. The number of aromatic nitrogens is 1. The average Bonchev–Trinajstić information content (AvgIpc) is 2.17. The highest BCUT2D eigenvalue weighted by Gasteiger charge is 2.11. The number of H-pyrrole nitrogens is 1. The maximum absolute atomic E-state index is 11.5. The molecule has 4 nitrogen and oxygen atoms in total. The van der Waals surface area contributed by atoms with E-state index in [0.717, 1.165) is 0 Å². The molecule has 0 spiro atoms. The zero-order valence-corrected chi connectivity index (χ0v) is 8.63. The number of rotatable bonds is 2. The fourth-order valence-corrected chi connectivity index (χ4v) is 1.07. The number of hydrogen-bond acceptors (Lipinski definition) is 2. The summed E-state index contributed by atoms with van der Waals surface area (Å²) in [7, 11) is 0. The Morgan fingerprint density at radius 1 is 1.60 bits per heavy atom. The van der Waals surface area contributed by atoms with Crippen LogP contribution in [0.25, 0.3) is 0 Å². The highest BCUT2D eigenvalue weighted by atomic mass is 16.2. The molecule has 1 atom stereocenters. The molecule has 0 aliphatic rings. The molecule has 0 bridgehead atoms. The Labute approximate surface area is 87.7 Å². The molecule has 0 fully saturated rings. The second-order valence-electron chi connectivity index (χ2n) is 3.25. The van der Waals surface area contributed by atoms with Crippen molar-refractivity contribution in [3.8, 4) is 12.3 Å². The molecule has 0 saturated carbocycles. The van der Waals surface area contributed by atoms with E-state index in [2.05, 4.69) is 16.2 Å². The topological polar surface area (TPSA) is 62.0 Å². The first-order valence-corrected chi connectivity index (χ1v) is 4.51. The summed E-state index contributed by atoms with van der Waals surface area (Å²) in [5.41, 5.74) is 0.376. The molecule has 0 aromatic carbocycles. The molecular weight excluding hydrogens is 192 g/mol. The van der Waals surface area contributed by atoms with E-state index < -0.39 is 17.5 Å². The van der Waals surface area contributed by atoms with Gasteiger partial charge in [0.15, 0.2) is 0 Å². The van der Waals surface area contributed by atoms with Crippen LogP contribution < -0.4 is 10.9 Å². The number of aromatic amines is 1. The maximum atomic E-state index is 11.5. The molecule has 0 saturated heterocycles. The van der Waals surface area contributed by atoms with Gasteiger partial charge < -0.3 is 10.3 Å². The smallest absolute Gasteiger partial charge is 0.260 e. The lowest BCUT2D eigenvalue weighted by Gasteiger charge is -2.06. The van der Waals surface area contributed by atoms with Crippen molar-refractivity contribution >= 4 is 5.91 Å². The van der Waals surface area contributed by atoms with E-state index in [1.807, 2.05) is 0 Å². The number of amides is 1. The van der Waals surface area contributed by atoms with Crippen molar-refractivity contribution in [1.29, 1.82) is 0 Å². The lowest BCUT2D eigenvalue weighted by molar-refractivity contribution is 0.0946. The summed E-state index contributed by atoms with van der Waals surface area (Å²) in [6, 6.07) is 2.75. The largest absolute Gasteiger partial charge is 0.339 e. The van der Waals surface area contributed by atoms with Crippen LogP contribution in [-0.4, -0.2) is 16.9 Å². The van der Waals surface area contributed by atoms with Gasteiger partial charge in [0.2, 0.25) is 0 Å². The van der Waals surface area contributed by atoms with E-state index in [-0.39, 0.29) is 5.56 Å². The number of hydrogen-bond donors (Lipinski definition) is 2. The molecule has 1 unspecified atom stereocenters. The van der Waals surface area contributed by atoms with Crippen LogP contribution in [0.5, 0.6) is 0 Å². The molecule has 1 rings (SSSR count). The first-order chi connectivity index (χ1) is 7.04. The van der Waals surface area contributed by atoms with E-state index in [4.69, 9.17) is 6.42 Å². The van der Waals surface area contributed by atoms with Gasteiger partial charge in [0, 0.05) is 5.69 Å². The molecular formula is C11H12N2O2.